The van der Waals surface area contributed by atoms with Crippen LogP contribution in [-0.4, -0.2) is 29.6 Å². The van der Waals surface area contributed by atoms with Crippen LogP contribution in [0, 0.1) is 5.92 Å². The molecule has 1 aliphatic rings. The van der Waals surface area contributed by atoms with Crippen LogP contribution in [-0.2, 0) is 0 Å². The van der Waals surface area contributed by atoms with Gasteiger partial charge in [0.25, 0.3) is 0 Å². The third kappa shape index (κ3) is 4.46. The van der Waals surface area contributed by atoms with Crippen molar-refractivity contribution in [2.45, 2.75) is 90.6 Å². The molecule has 1 saturated carbocycles. The molecule has 0 saturated heterocycles. The maximum atomic E-state index is 6.28. The van der Waals surface area contributed by atoms with E-state index in [0.29, 0.717) is 6.04 Å². The summed E-state index contributed by atoms with van der Waals surface area (Å²) < 4.78 is 0. The number of rotatable bonds is 7. The lowest BCUT2D eigenvalue weighted by atomic mass is 9.85. The van der Waals surface area contributed by atoms with E-state index in [0.717, 1.165) is 12.5 Å². The van der Waals surface area contributed by atoms with Gasteiger partial charge in [-0.15, -0.1) is 0 Å². The van der Waals surface area contributed by atoms with Crippen molar-refractivity contribution in [1.29, 1.82) is 0 Å². The Morgan fingerprint density at radius 1 is 1.26 bits per heavy atom. The second-order valence-corrected chi connectivity index (χ2v) is 6.77. The Morgan fingerprint density at radius 2 is 2.00 bits per heavy atom. The topological polar surface area (TPSA) is 29.3 Å². The van der Waals surface area contributed by atoms with Gasteiger partial charge >= 0.3 is 0 Å². The number of nitrogens with two attached hydrogens (primary N) is 1. The minimum atomic E-state index is 0.287. The monoisotopic (exact) mass is 268 g/mol. The van der Waals surface area contributed by atoms with Gasteiger partial charge in [0.2, 0.25) is 0 Å². The van der Waals surface area contributed by atoms with E-state index in [-0.39, 0.29) is 5.54 Å². The van der Waals surface area contributed by atoms with Gasteiger partial charge in [-0.3, -0.25) is 4.90 Å². The van der Waals surface area contributed by atoms with Crippen LogP contribution in [0.1, 0.15) is 79.1 Å². The smallest absolute Gasteiger partial charge is 0.0334 e. The van der Waals surface area contributed by atoms with E-state index in [1.165, 1.54) is 57.9 Å². The zero-order valence-electron chi connectivity index (χ0n) is 13.8. The summed E-state index contributed by atoms with van der Waals surface area (Å²) in [7, 11) is 0. The Bertz CT molecular complexity index is 241. The zero-order valence-corrected chi connectivity index (χ0v) is 13.8. The van der Waals surface area contributed by atoms with E-state index in [1.807, 2.05) is 0 Å². The first kappa shape index (κ1) is 17.0. The fourth-order valence-corrected chi connectivity index (χ4v) is 3.65. The van der Waals surface area contributed by atoms with E-state index < -0.39 is 0 Å². The molecule has 0 spiro atoms. The first-order chi connectivity index (χ1) is 9.09. The second kappa shape index (κ2) is 8.26. The molecule has 0 aliphatic heterocycles. The van der Waals surface area contributed by atoms with Crippen molar-refractivity contribution >= 4 is 0 Å². The highest BCUT2D eigenvalue weighted by Crippen LogP contribution is 2.36. The highest BCUT2D eigenvalue weighted by molar-refractivity contribution is 4.95. The molecular formula is C17H36N2. The van der Waals surface area contributed by atoms with Crippen molar-refractivity contribution in [3.8, 4) is 0 Å². The van der Waals surface area contributed by atoms with E-state index in [2.05, 4.69) is 32.6 Å². The molecule has 2 nitrogen and oxygen atoms in total. The van der Waals surface area contributed by atoms with Crippen LogP contribution in [0.3, 0.4) is 0 Å². The van der Waals surface area contributed by atoms with Crippen LogP contribution in [0.2, 0.25) is 0 Å². The fraction of sp³-hybridized carbons (Fsp3) is 1.00. The highest BCUT2D eigenvalue weighted by atomic mass is 15.2. The van der Waals surface area contributed by atoms with Gasteiger partial charge in [0.1, 0.15) is 0 Å². The van der Waals surface area contributed by atoms with Crippen LogP contribution in [0.25, 0.3) is 0 Å². The number of hydrogen-bond donors (Lipinski definition) is 1. The van der Waals surface area contributed by atoms with Crippen molar-refractivity contribution in [2.75, 3.05) is 13.1 Å². The average Bonchev–Trinajstić information content (AvgIpc) is 2.62. The van der Waals surface area contributed by atoms with Gasteiger partial charge in [0.15, 0.2) is 0 Å². The van der Waals surface area contributed by atoms with Crippen LogP contribution in [0.15, 0.2) is 0 Å². The molecule has 1 aliphatic carbocycles. The van der Waals surface area contributed by atoms with E-state index in [1.54, 1.807) is 0 Å². The lowest BCUT2D eigenvalue weighted by Crippen LogP contribution is -2.57. The number of unbranched alkanes of at least 4 members (excludes halogenated alkanes) is 1. The SMILES string of the molecule is CCCCN(C(C)CC)C1(CN)CCCC(C)CC1. The Kier molecular flexibility index (Phi) is 7.38. The molecule has 0 amide bonds. The molecule has 3 atom stereocenters. The molecule has 3 unspecified atom stereocenters. The van der Waals surface area contributed by atoms with Gasteiger partial charge in [-0.1, -0.05) is 40.0 Å². The molecule has 2 heteroatoms. The fourth-order valence-electron chi connectivity index (χ4n) is 3.65. The molecule has 0 bridgehead atoms. The van der Waals surface area contributed by atoms with Crippen molar-refractivity contribution < 1.29 is 0 Å². The van der Waals surface area contributed by atoms with Crippen LogP contribution in [0.5, 0.6) is 0 Å². The second-order valence-electron chi connectivity index (χ2n) is 6.77. The molecular weight excluding hydrogens is 232 g/mol. The van der Waals surface area contributed by atoms with Crippen LogP contribution in [0.4, 0.5) is 0 Å². The molecule has 0 heterocycles. The third-order valence-electron chi connectivity index (χ3n) is 5.31. The Hall–Kier alpha value is -0.0800. The summed E-state index contributed by atoms with van der Waals surface area (Å²) in [6.07, 6.45) is 10.5. The van der Waals surface area contributed by atoms with Gasteiger partial charge < -0.3 is 5.73 Å². The first-order valence-electron chi connectivity index (χ1n) is 8.56. The summed E-state index contributed by atoms with van der Waals surface area (Å²) >= 11 is 0. The van der Waals surface area contributed by atoms with Crippen molar-refractivity contribution in [3.05, 3.63) is 0 Å². The lowest BCUT2D eigenvalue weighted by Gasteiger charge is -2.47. The van der Waals surface area contributed by atoms with Crippen molar-refractivity contribution in [2.24, 2.45) is 11.7 Å². The van der Waals surface area contributed by atoms with Crippen LogP contribution >= 0.6 is 0 Å². The Labute approximate surface area is 121 Å². The Morgan fingerprint density at radius 3 is 2.58 bits per heavy atom. The maximum Gasteiger partial charge on any atom is 0.0334 e. The largest absolute Gasteiger partial charge is 0.329 e. The maximum absolute atomic E-state index is 6.28. The van der Waals surface area contributed by atoms with Crippen LogP contribution < -0.4 is 5.73 Å². The van der Waals surface area contributed by atoms with E-state index >= 15 is 0 Å². The van der Waals surface area contributed by atoms with E-state index in [4.69, 9.17) is 5.73 Å². The zero-order chi connectivity index (χ0) is 14.3. The predicted octanol–water partition coefficient (Wildman–Crippen LogP) is 4.18. The molecule has 0 aromatic carbocycles. The summed E-state index contributed by atoms with van der Waals surface area (Å²) in [5.41, 5.74) is 6.56. The third-order valence-corrected chi connectivity index (χ3v) is 5.31. The van der Waals surface area contributed by atoms with Gasteiger partial charge in [0, 0.05) is 18.1 Å². The summed E-state index contributed by atoms with van der Waals surface area (Å²) in [5.74, 6) is 0.887. The number of hydrogen-bond acceptors (Lipinski definition) is 2. The highest BCUT2D eigenvalue weighted by Gasteiger charge is 2.38. The van der Waals surface area contributed by atoms with Gasteiger partial charge in [-0.05, 0) is 51.5 Å². The van der Waals surface area contributed by atoms with E-state index in [9.17, 15) is 0 Å². The molecule has 1 fully saturated rings. The summed E-state index contributed by atoms with van der Waals surface area (Å²) in [4.78, 5) is 2.77. The average molecular weight is 268 g/mol. The molecule has 114 valence electrons. The van der Waals surface area contributed by atoms with Gasteiger partial charge in [0.05, 0.1) is 0 Å². The summed E-state index contributed by atoms with van der Waals surface area (Å²) in [6, 6.07) is 0.670. The minimum Gasteiger partial charge on any atom is -0.329 e. The quantitative estimate of drug-likeness (QED) is 0.702. The summed E-state index contributed by atoms with van der Waals surface area (Å²) in [5, 5.41) is 0. The lowest BCUT2D eigenvalue weighted by molar-refractivity contribution is 0.0374. The van der Waals surface area contributed by atoms with Gasteiger partial charge in [-0.25, -0.2) is 0 Å². The van der Waals surface area contributed by atoms with Crippen molar-refractivity contribution in [3.63, 3.8) is 0 Å². The van der Waals surface area contributed by atoms with Crippen molar-refractivity contribution in [1.82, 2.24) is 4.90 Å². The normalized spacial score (nSPS) is 30.3. The molecule has 19 heavy (non-hydrogen) atoms. The van der Waals surface area contributed by atoms with Gasteiger partial charge in [-0.2, -0.15) is 0 Å². The molecule has 1 rings (SSSR count). The Balaban J connectivity index is 2.85. The first-order valence-corrected chi connectivity index (χ1v) is 8.56. The molecule has 0 radical (unpaired) electrons. The minimum absolute atomic E-state index is 0.287. The number of nitrogens with zero attached hydrogens (tertiary/aromatic N) is 1. The molecule has 0 aromatic heterocycles. The predicted molar refractivity (Wildman–Crippen MR) is 85.4 cm³/mol. The summed E-state index contributed by atoms with van der Waals surface area (Å²) in [6.45, 7) is 11.5. The molecule has 0 aromatic rings. The molecule has 2 N–H and O–H groups in total. The standard InChI is InChI=1S/C17H36N2/c1-5-7-13-19(16(4)6-2)17(14-18)11-8-9-15(3)10-12-17/h15-16H,5-14,18H2,1-4H3.